The van der Waals surface area contributed by atoms with E-state index in [1.165, 1.54) is 0 Å². The Kier molecular flexibility index (Phi) is 5.63. The number of aromatic nitrogens is 2. The number of ether oxygens (including phenoxy) is 1. The smallest absolute Gasteiger partial charge is 0.410 e. The van der Waals surface area contributed by atoms with Crippen molar-refractivity contribution in [2.75, 3.05) is 6.54 Å². The van der Waals surface area contributed by atoms with Crippen LogP contribution in [0.25, 0.3) is 0 Å². The van der Waals surface area contributed by atoms with Crippen LogP contribution < -0.4 is 0 Å². The van der Waals surface area contributed by atoms with Crippen LogP contribution in [0, 0.1) is 0 Å². The summed E-state index contributed by atoms with van der Waals surface area (Å²) in [7, 11) is 0. The molecule has 1 aromatic carbocycles. The molecule has 2 aromatic rings. The van der Waals surface area contributed by atoms with E-state index in [9.17, 15) is 4.79 Å². The number of nitrogens with zero attached hydrogens (tertiary/aromatic N) is 3. The minimum Gasteiger partial charge on any atom is -0.445 e. The third kappa shape index (κ3) is 3.82. The van der Waals surface area contributed by atoms with Gasteiger partial charge in [-0.1, -0.05) is 44.2 Å². The summed E-state index contributed by atoms with van der Waals surface area (Å²) in [5.74, 6) is 1.71. The molecule has 0 aliphatic carbocycles. The number of alkyl halides is 1. The summed E-state index contributed by atoms with van der Waals surface area (Å²) in [6.45, 7) is 6.39. The average Bonchev–Trinajstić information content (AvgIpc) is 3.04. The number of hydrogen-bond acceptors (Lipinski definition) is 3. The lowest BCUT2D eigenvalue weighted by Gasteiger charge is -2.27. The molecule has 1 amide bonds. The van der Waals surface area contributed by atoms with E-state index >= 15 is 0 Å². The molecule has 0 saturated heterocycles. The van der Waals surface area contributed by atoms with E-state index in [2.05, 4.69) is 18.4 Å². The molecule has 0 unspecified atom stereocenters. The number of halogens is 1. The van der Waals surface area contributed by atoms with Gasteiger partial charge >= 0.3 is 6.09 Å². The van der Waals surface area contributed by atoms with Crippen molar-refractivity contribution in [2.45, 2.75) is 51.8 Å². The second kappa shape index (κ2) is 7.91. The van der Waals surface area contributed by atoms with Crippen LogP contribution in [0.2, 0.25) is 0 Å². The van der Waals surface area contributed by atoms with Crippen molar-refractivity contribution in [3.8, 4) is 0 Å². The minimum atomic E-state index is -0.296. The molecule has 25 heavy (non-hydrogen) atoms. The Morgan fingerprint density at radius 1 is 1.32 bits per heavy atom. The number of carbonyl (C=O) groups is 1. The minimum absolute atomic E-state index is 0.287. The summed E-state index contributed by atoms with van der Waals surface area (Å²) in [5.41, 5.74) is 3.13. The molecule has 134 valence electrons. The van der Waals surface area contributed by atoms with E-state index in [1.807, 2.05) is 30.3 Å². The van der Waals surface area contributed by atoms with Gasteiger partial charge in [-0.05, 0) is 17.9 Å². The Bertz CT molecular complexity index is 730. The van der Waals surface area contributed by atoms with Gasteiger partial charge in [0.1, 0.15) is 12.4 Å². The molecule has 0 bridgehead atoms. The van der Waals surface area contributed by atoms with Crippen LogP contribution in [-0.4, -0.2) is 27.1 Å². The van der Waals surface area contributed by atoms with Crippen molar-refractivity contribution in [1.82, 2.24) is 14.5 Å². The molecule has 6 heteroatoms. The number of carbonyl (C=O) groups excluding carboxylic acids is 1. The lowest BCUT2D eigenvalue weighted by Crippen LogP contribution is -2.39. The first-order valence-electron chi connectivity index (χ1n) is 8.73. The molecule has 5 nitrogen and oxygen atoms in total. The zero-order valence-electron chi connectivity index (χ0n) is 14.7. The highest BCUT2D eigenvalue weighted by Gasteiger charge is 2.27. The number of benzene rings is 1. The molecular formula is C19H24ClN3O2. The van der Waals surface area contributed by atoms with Crippen molar-refractivity contribution in [3.63, 3.8) is 0 Å². The predicted octanol–water partition coefficient (Wildman–Crippen LogP) is 4.29. The van der Waals surface area contributed by atoms with Gasteiger partial charge in [0, 0.05) is 13.1 Å². The number of rotatable bonds is 5. The van der Waals surface area contributed by atoms with Crippen molar-refractivity contribution >= 4 is 17.7 Å². The third-order valence-corrected chi connectivity index (χ3v) is 5.03. The predicted molar refractivity (Wildman–Crippen MR) is 97.5 cm³/mol. The van der Waals surface area contributed by atoms with Gasteiger partial charge in [-0.3, -0.25) is 4.90 Å². The average molecular weight is 362 g/mol. The quantitative estimate of drug-likeness (QED) is 0.746. The number of hydrogen-bond donors (Lipinski definition) is 0. The molecule has 0 spiro atoms. The van der Waals surface area contributed by atoms with Gasteiger partial charge < -0.3 is 9.30 Å². The van der Waals surface area contributed by atoms with E-state index in [-0.39, 0.29) is 12.7 Å². The molecule has 0 fully saturated rings. The first kappa shape index (κ1) is 17.8. The standard InChI is InChI=1S/C19H24ClN3O2/c1-3-14(2)18-16(11-20)23-10-9-22(12-17(23)21-18)19(24)25-13-15-7-5-4-6-8-15/h4-8,14H,3,9-13H2,1-2H3/t14-/m0/s1. The summed E-state index contributed by atoms with van der Waals surface area (Å²) in [6.07, 6.45) is 0.721. The van der Waals surface area contributed by atoms with E-state index in [0.717, 1.165) is 29.2 Å². The fourth-order valence-corrected chi connectivity index (χ4v) is 3.39. The largest absolute Gasteiger partial charge is 0.445 e. The highest BCUT2D eigenvalue weighted by molar-refractivity contribution is 6.17. The molecule has 0 N–H and O–H groups in total. The zero-order chi connectivity index (χ0) is 17.8. The van der Waals surface area contributed by atoms with Gasteiger partial charge in [-0.2, -0.15) is 0 Å². The first-order valence-corrected chi connectivity index (χ1v) is 9.27. The van der Waals surface area contributed by atoms with E-state index in [1.54, 1.807) is 4.90 Å². The number of imidazole rings is 1. The second-order valence-corrected chi connectivity index (χ2v) is 6.68. The zero-order valence-corrected chi connectivity index (χ0v) is 15.5. The van der Waals surface area contributed by atoms with E-state index in [4.69, 9.17) is 21.3 Å². The normalized spacial score (nSPS) is 14.9. The number of fused-ring (bicyclic) bond motifs is 1. The molecule has 3 rings (SSSR count). The fraction of sp³-hybridized carbons (Fsp3) is 0.474. The summed E-state index contributed by atoms with van der Waals surface area (Å²) < 4.78 is 7.60. The van der Waals surface area contributed by atoms with E-state index in [0.29, 0.717) is 31.4 Å². The maximum Gasteiger partial charge on any atom is 0.410 e. The highest BCUT2D eigenvalue weighted by atomic mass is 35.5. The fourth-order valence-electron chi connectivity index (χ4n) is 3.11. The molecule has 1 aliphatic rings. The third-order valence-electron chi connectivity index (χ3n) is 4.78. The van der Waals surface area contributed by atoms with Crippen molar-refractivity contribution in [2.24, 2.45) is 0 Å². The Morgan fingerprint density at radius 2 is 2.08 bits per heavy atom. The molecule has 1 aromatic heterocycles. The molecular weight excluding hydrogens is 338 g/mol. The Labute approximate surface area is 153 Å². The summed E-state index contributed by atoms with van der Waals surface area (Å²) >= 11 is 6.16. The van der Waals surface area contributed by atoms with Gasteiger partial charge in [0.15, 0.2) is 0 Å². The van der Waals surface area contributed by atoms with Gasteiger partial charge in [0.25, 0.3) is 0 Å². The van der Waals surface area contributed by atoms with Gasteiger partial charge in [-0.15, -0.1) is 11.6 Å². The summed E-state index contributed by atoms with van der Waals surface area (Å²) in [4.78, 5) is 18.9. The first-order chi connectivity index (χ1) is 12.1. The summed E-state index contributed by atoms with van der Waals surface area (Å²) in [5, 5.41) is 0. The van der Waals surface area contributed by atoms with Gasteiger partial charge in [-0.25, -0.2) is 9.78 Å². The van der Waals surface area contributed by atoms with E-state index < -0.39 is 0 Å². The molecule has 2 heterocycles. The highest BCUT2D eigenvalue weighted by Crippen LogP contribution is 2.27. The Hall–Kier alpha value is -2.01. The summed E-state index contributed by atoms with van der Waals surface area (Å²) in [6, 6.07) is 9.71. The number of amides is 1. The van der Waals surface area contributed by atoms with Crippen molar-refractivity contribution in [1.29, 1.82) is 0 Å². The van der Waals surface area contributed by atoms with Crippen LogP contribution in [0.1, 0.15) is 49.0 Å². The molecule has 0 saturated carbocycles. The van der Waals surface area contributed by atoms with Crippen LogP contribution in [0.15, 0.2) is 30.3 Å². The van der Waals surface area contributed by atoms with Crippen LogP contribution in [-0.2, 0) is 30.3 Å². The van der Waals surface area contributed by atoms with Gasteiger partial charge in [0.2, 0.25) is 0 Å². The SMILES string of the molecule is CC[C@H](C)c1nc2n(c1CCl)CCN(C(=O)OCc1ccccc1)C2. The maximum atomic E-state index is 12.4. The molecule has 0 radical (unpaired) electrons. The van der Waals surface area contributed by atoms with Gasteiger partial charge in [0.05, 0.1) is 23.8 Å². The van der Waals surface area contributed by atoms with Crippen LogP contribution in [0.3, 0.4) is 0 Å². The topological polar surface area (TPSA) is 47.4 Å². The van der Waals surface area contributed by atoms with Crippen LogP contribution in [0.4, 0.5) is 4.79 Å². The lowest BCUT2D eigenvalue weighted by atomic mass is 10.0. The molecule has 1 atom stereocenters. The van der Waals surface area contributed by atoms with Crippen LogP contribution >= 0.6 is 11.6 Å². The van der Waals surface area contributed by atoms with Crippen molar-refractivity contribution < 1.29 is 9.53 Å². The lowest BCUT2D eigenvalue weighted by molar-refractivity contribution is 0.0860. The van der Waals surface area contributed by atoms with Crippen molar-refractivity contribution in [3.05, 3.63) is 53.1 Å². The maximum absolute atomic E-state index is 12.4. The monoisotopic (exact) mass is 361 g/mol. The Morgan fingerprint density at radius 3 is 2.76 bits per heavy atom. The Balaban J connectivity index is 1.68. The molecule has 1 aliphatic heterocycles. The second-order valence-electron chi connectivity index (χ2n) is 6.42. The van der Waals surface area contributed by atoms with Crippen LogP contribution in [0.5, 0.6) is 0 Å².